The van der Waals surface area contributed by atoms with Crippen molar-refractivity contribution in [1.29, 1.82) is 0 Å². The predicted molar refractivity (Wildman–Crippen MR) is 98.4 cm³/mol. The van der Waals surface area contributed by atoms with Crippen molar-refractivity contribution < 1.29 is 18.5 Å². The number of hydrogen-bond donors (Lipinski definition) is 0. The van der Waals surface area contributed by atoms with Gasteiger partial charge in [0.1, 0.15) is 5.82 Å². The highest BCUT2D eigenvalue weighted by Crippen LogP contribution is 2.31. The molecular weight excluding hydrogens is 387 g/mol. The first-order chi connectivity index (χ1) is 13.4. The van der Waals surface area contributed by atoms with Gasteiger partial charge in [0, 0.05) is 39.0 Å². The summed E-state index contributed by atoms with van der Waals surface area (Å²) in [5.74, 6) is 0.185. The van der Waals surface area contributed by atoms with Crippen molar-refractivity contribution in [3.63, 3.8) is 0 Å². The molecule has 7 nitrogen and oxygen atoms in total. The minimum atomic E-state index is -0.633. The van der Waals surface area contributed by atoms with Crippen molar-refractivity contribution >= 4 is 23.4 Å². The minimum absolute atomic E-state index is 0.0819. The van der Waals surface area contributed by atoms with E-state index in [1.807, 2.05) is 0 Å². The summed E-state index contributed by atoms with van der Waals surface area (Å²) in [6.07, 6.45) is 2.47. The van der Waals surface area contributed by atoms with Gasteiger partial charge in [-0.1, -0.05) is 22.8 Å². The molecular formula is C19H20ClFN4O3. The van der Waals surface area contributed by atoms with Gasteiger partial charge in [0.25, 0.3) is 5.91 Å². The summed E-state index contributed by atoms with van der Waals surface area (Å²) in [6, 6.07) is 4.17. The Labute approximate surface area is 166 Å². The molecule has 4 rings (SSSR count). The summed E-state index contributed by atoms with van der Waals surface area (Å²) in [4.78, 5) is 32.0. The molecule has 0 N–H and O–H groups in total. The van der Waals surface area contributed by atoms with Crippen LogP contribution in [0.3, 0.4) is 0 Å². The third kappa shape index (κ3) is 3.73. The molecule has 2 heterocycles. The lowest BCUT2D eigenvalue weighted by molar-refractivity contribution is -0.131. The zero-order valence-electron chi connectivity index (χ0n) is 15.4. The maximum absolute atomic E-state index is 13.9. The van der Waals surface area contributed by atoms with Crippen molar-refractivity contribution in [2.75, 3.05) is 26.7 Å². The molecule has 0 spiro atoms. The monoisotopic (exact) mass is 406 g/mol. The van der Waals surface area contributed by atoms with E-state index in [9.17, 15) is 14.0 Å². The molecule has 1 aromatic carbocycles. The van der Waals surface area contributed by atoms with Crippen LogP contribution in [-0.2, 0) is 11.2 Å². The number of likely N-dealkylation sites (tertiary alicyclic amines) is 1. The van der Waals surface area contributed by atoms with Crippen molar-refractivity contribution in [3.05, 3.63) is 46.3 Å². The van der Waals surface area contributed by atoms with Gasteiger partial charge in [-0.2, -0.15) is 4.98 Å². The van der Waals surface area contributed by atoms with E-state index in [0.717, 1.165) is 12.8 Å². The molecule has 28 heavy (non-hydrogen) atoms. The van der Waals surface area contributed by atoms with Gasteiger partial charge < -0.3 is 14.3 Å². The van der Waals surface area contributed by atoms with Gasteiger partial charge in [0.05, 0.1) is 16.5 Å². The average molecular weight is 407 g/mol. The molecule has 1 aliphatic carbocycles. The van der Waals surface area contributed by atoms with E-state index in [-0.39, 0.29) is 28.3 Å². The molecule has 1 saturated carbocycles. The van der Waals surface area contributed by atoms with Crippen LogP contribution < -0.4 is 0 Å². The number of halogens is 2. The number of carbonyl (C=O) groups is 2. The van der Waals surface area contributed by atoms with Crippen LogP contribution in [-0.4, -0.2) is 58.4 Å². The van der Waals surface area contributed by atoms with Crippen LogP contribution in [0.1, 0.15) is 40.8 Å². The number of nitrogens with zero attached hydrogens (tertiary/aromatic N) is 4. The van der Waals surface area contributed by atoms with Crippen LogP contribution >= 0.6 is 11.6 Å². The number of carbonyl (C=O) groups excluding carboxylic acids is 2. The number of rotatable bonds is 6. The van der Waals surface area contributed by atoms with Crippen LogP contribution in [0.2, 0.25) is 5.02 Å². The number of hydrogen-bond acceptors (Lipinski definition) is 5. The predicted octanol–water partition coefficient (Wildman–Crippen LogP) is 2.51. The molecule has 0 unspecified atom stereocenters. The second kappa shape index (κ2) is 7.50. The molecule has 2 amide bonds. The molecule has 9 heteroatoms. The van der Waals surface area contributed by atoms with Crippen molar-refractivity contribution in [2.45, 2.75) is 25.2 Å². The normalized spacial score (nSPS) is 16.8. The second-order valence-electron chi connectivity index (χ2n) is 7.34. The molecule has 2 aliphatic rings. The van der Waals surface area contributed by atoms with Gasteiger partial charge >= 0.3 is 0 Å². The van der Waals surface area contributed by atoms with Gasteiger partial charge in [-0.05, 0) is 25.0 Å². The van der Waals surface area contributed by atoms with Crippen molar-refractivity contribution in [3.8, 4) is 0 Å². The van der Waals surface area contributed by atoms with Gasteiger partial charge in [-0.15, -0.1) is 0 Å². The Balaban J connectivity index is 1.30. The molecule has 0 atom stereocenters. The first-order valence-electron chi connectivity index (χ1n) is 9.24. The minimum Gasteiger partial charge on any atom is -0.345 e. The lowest BCUT2D eigenvalue weighted by atomic mass is 9.98. The Morgan fingerprint density at radius 2 is 2.11 bits per heavy atom. The zero-order valence-corrected chi connectivity index (χ0v) is 16.2. The highest BCUT2D eigenvalue weighted by molar-refractivity contribution is 6.33. The fourth-order valence-corrected chi connectivity index (χ4v) is 3.46. The molecule has 1 aliphatic heterocycles. The number of aromatic nitrogens is 2. The van der Waals surface area contributed by atoms with E-state index in [1.54, 1.807) is 11.9 Å². The molecule has 1 saturated heterocycles. The maximum atomic E-state index is 13.9. The quantitative estimate of drug-likeness (QED) is 0.736. The van der Waals surface area contributed by atoms with Gasteiger partial charge in [0.2, 0.25) is 11.8 Å². The summed E-state index contributed by atoms with van der Waals surface area (Å²) in [5.41, 5.74) is -0.114. The lowest BCUT2D eigenvalue weighted by Gasteiger charge is -2.37. The maximum Gasteiger partial charge on any atom is 0.258 e. The van der Waals surface area contributed by atoms with Gasteiger partial charge in [0.15, 0.2) is 5.82 Å². The largest absolute Gasteiger partial charge is 0.345 e. The summed E-state index contributed by atoms with van der Waals surface area (Å²) >= 11 is 5.96. The molecule has 1 aromatic heterocycles. The van der Waals surface area contributed by atoms with Crippen molar-refractivity contribution in [2.24, 2.45) is 5.92 Å². The first-order valence-corrected chi connectivity index (χ1v) is 9.62. The molecule has 0 radical (unpaired) electrons. The fourth-order valence-electron chi connectivity index (χ4n) is 3.22. The van der Waals surface area contributed by atoms with Gasteiger partial charge in [-0.3, -0.25) is 9.59 Å². The summed E-state index contributed by atoms with van der Waals surface area (Å²) in [7, 11) is 1.78. The standard InChI is InChI=1S/C19H20ClFN4O3/c1-24(18(26)11-5-6-11)8-7-15-22-17(28-23-15)12-9-25(10-12)19(27)16-13(20)3-2-4-14(16)21/h2-4,11-12H,5-10H2,1H3. The van der Waals surface area contributed by atoms with Crippen molar-refractivity contribution in [1.82, 2.24) is 19.9 Å². The first kappa shape index (κ1) is 18.9. The summed E-state index contributed by atoms with van der Waals surface area (Å²) in [5, 5.41) is 4.05. The van der Waals surface area contributed by atoms with E-state index in [1.165, 1.54) is 23.1 Å². The van der Waals surface area contributed by atoms with E-state index in [0.29, 0.717) is 37.8 Å². The Morgan fingerprint density at radius 1 is 1.36 bits per heavy atom. The van der Waals surface area contributed by atoms with E-state index < -0.39 is 11.7 Å². The molecule has 0 bridgehead atoms. The lowest BCUT2D eigenvalue weighted by Crippen LogP contribution is -2.48. The topological polar surface area (TPSA) is 79.5 Å². The van der Waals surface area contributed by atoms with Gasteiger partial charge in [-0.25, -0.2) is 4.39 Å². The summed E-state index contributed by atoms with van der Waals surface area (Å²) in [6.45, 7) is 1.27. The van der Waals surface area contributed by atoms with Crippen LogP contribution in [0.5, 0.6) is 0 Å². The Hall–Kier alpha value is -2.48. The Morgan fingerprint density at radius 3 is 2.79 bits per heavy atom. The summed E-state index contributed by atoms with van der Waals surface area (Å²) < 4.78 is 19.2. The van der Waals surface area contributed by atoms with Crippen LogP contribution in [0.4, 0.5) is 4.39 Å². The highest BCUT2D eigenvalue weighted by atomic mass is 35.5. The second-order valence-corrected chi connectivity index (χ2v) is 7.74. The average Bonchev–Trinajstić information content (AvgIpc) is 3.37. The van der Waals surface area contributed by atoms with Crippen LogP contribution in [0.25, 0.3) is 0 Å². The van der Waals surface area contributed by atoms with E-state index in [2.05, 4.69) is 10.1 Å². The number of benzene rings is 1. The third-order valence-electron chi connectivity index (χ3n) is 5.15. The van der Waals surface area contributed by atoms with E-state index in [4.69, 9.17) is 16.1 Å². The van der Waals surface area contributed by atoms with Crippen LogP contribution in [0, 0.1) is 11.7 Å². The fraction of sp³-hybridized carbons (Fsp3) is 0.474. The number of likely N-dealkylation sites (N-methyl/N-ethyl adjacent to an activating group) is 1. The zero-order chi connectivity index (χ0) is 19.8. The highest BCUT2D eigenvalue weighted by Gasteiger charge is 2.37. The molecule has 148 valence electrons. The third-order valence-corrected chi connectivity index (χ3v) is 5.47. The Kier molecular flexibility index (Phi) is 5.05. The van der Waals surface area contributed by atoms with Crippen LogP contribution in [0.15, 0.2) is 22.7 Å². The molecule has 2 fully saturated rings. The smallest absolute Gasteiger partial charge is 0.258 e. The SMILES string of the molecule is CN(CCc1noc(C2CN(C(=O)c3c(F)cccc3Cl)C2)n1)C(=O)C1CC1. The number of amides is 2. The molecule has 2 aromatic rings. The van der Waals surface area contributed by atoms with E-state index >= 15 is 0 Å². The Bertz CT molecular complexity index is 888.